The average Bonchev–Trinajstić information content (AvgIpc) is 3.34. The number of amides is 1. The van der Waals surface area contributed by atoms with Gasteiger partial charge in [-0.15, -0.1) is 11.3 Å². The first-order valence-electron chi connectivity index (χ1n) is 9.44. The molecule has 4 aromatic rings. The Bertz CT molecular complexity index is 1190. The van der Waals surface area contributed by atoms with Crippen molar-refractivity contribution in [3.05, 3.63) is 83.1 Å². The lowest BCUT2D eigenvalue weighted by Crippen LogP contribution is -2.15. The highest BCUT2D eigenvalue weighted by molar-refractivity contribution is 7.15. The van der Waals surface area contributed by atoms with Gasteiger partial charge < -0.3 is 9.88 Å². The Morgan fingerprint density at radius 1 is 1.13 bits per heavy atom. The Morgan fingerprint density at radius 3 is 2.50 bits per heavy atom. The highest BCUT2D eigenvalue weighted by Crippen LogP contribution is 2.37. The molecule has 2 aromatic heterocycles. The average molecular weight is 423 g/mol. The van der Waals surface area contributed by atoms with E-state index in [1.54, 1.807) is 23.5 Å². The maximum absolute atomic E-state index is 13.8. The minimum atomic E-state index is -0.892. The molecule has 0 unspecified atom stereocenters. The van der Waals surface area contributed by atoms with Crippen LogP contribution in [0.5, 0.6) is 0 Å². The van der Waals surface area contributed by atoms with Gasteiger partial charge in [-0.2, -0.15) is 0 Å². The molecule has 1 N–H and O–H groups in total. The maximum atomic E-state index is 13.8. The predicted octanol–water partition coefficient (Wildman–Crippen LogP) is 6.14. The van der Waals surface area contributed by atoms with Crippen LogP contribution >= 0.6 is 11.3 Å². The number of rotatable bonds is 5. The molecule has 30 heavy (non-hydrogen) atoms. The summed E-state index contributed by atoms with van der Waals surface area (Å²) in [4.78, 5) is 18.8. The third kappa shape index (κ3) is 3.76. The molecule has 4 nitrogen and oxygen atoms in total. The Morgan fingerprint density at radius 2 is 1.83 bits per heavy atom. The van der Waals surface area contributed by atoms with Gasteiger partial charge in [-0.1, -0.05) is 18.2 Å². The van der Waals surface area contributed by atoms with Gasteiger partial charge in [0.1, 0.15) is 17.2 Å². The van der Waals surface area contributed by atoms with Gasteiger partial charge in [-0.3, -0.25) is 4.79 Å². The topological polar surface area (TPSA) is 46.9 Å². The molecule has 0 aliphatic rings. The summed E-state index contributed by atoms with van der Waals surface area (Å²) >= 11 is 1.70. The molecular formula is C23H19F2N3OS. The second-order valence-electron chi connectivity index (χ2n) is 6.77. The number of aryl methyl sites for hydroxylation is 2. The normalized spacial score (nSPS) is 10.9. The molecule has 2 aromatic carbocycles. The van der Waals surface area contributed by atoms with E-state index in [1.165, 1.54) is 10.9 Å². The summed E-state index contributed by atoms with van der Waals surface area (Å²) in [5.74, 6) is -2.60. The quantitative estimate of drug-likeness (QED) is 0.419. The summed E-state index contributed by atoms with van der Waals surface area (Å²) in [6.45, 7) is 4.98. The first-order valence-corrected chi connectivity index (χ1v) is 10.3. The van der Waals surface area contributed by atoms with E-state index in [1.807, 2.05) is 24.7 Å². The highest BCUT2D eigenvalue weighted by atomic mass is 32.1. The number of halogens is 2. The Labute approximate surface area is 176 Å². The van der Waals surface area contributed by atoms with Crippen LogP contribution in [0.4, 0.5) is 14.5 Å². The van der Waals surface area contributed by atoms with Crippen molar-refractivity contribution in [2.75, 3.05) is 5.32 Å². The lowest BCUT2D eigenvalue weighted by atomic mass is 10.1. The van der Waals surface area contributed by atoms with E-state index in [4.69, 9.17) is 0 Å². The van der Waals surface area contributed by atoms with Crippen molar-refractivity contribution in [2.24, 2.45) is 0 Å². The number of carbonyl (C=O) groups excluding carboxylic acids is 1. The molecule has 0 bridgehead atoms. The van der Waals surface area contributed by atoms with E-state index in [-0.39, 0.29) is 0 Å². The fourth-order valence-corrected chi connectivity index (χ4v) is 4.38. The first kappa shape index (κ1) is 20.0. The van der Waals surface area contributed by atoms with E-state index in [0.717, 1.165) is 40.4 Å². The Kier molecular flexibility index (Phi) is 5.46. The summed E-state index contributed by atoms with van der Waals surface area (Å²) in [5.41, 5.74) is 3.04. The SMILES string of the molecule is CCn1cncc1-c1cc(-c2ccc(NC(=O)c3c(F)cccc3F)cc2)c(C)s1. The second-order valence-corrected chi connectivity index (χ2v) is 8.03. The maximum Gasteiger partial charge on any atom is 0.261 e. The summed E-state index contributed by atoms with van der Waals surface area (Å²) in [6, 6.07) is 12.7. The molecule has 7 heteroatoms. The molecule has 0 spiro atoms. The number of nitrogens with one attached hydrogen (secondary N) is 1. The van der Waals surface area contributed by atoms with Gasteiger partial charge in [0.05, 0.1) is 23.1 Å². The third-order valence-corrected chi connectivity index (χ3v) is 5.94. The van der Waals surface area contributed by atoms with Crippen molar-refractivity contribution < 1.29 is 13.6 Å². The minimum Gasteiger partial charge on any atom is -0.330 e. The Hall–Kier alpha value is -3.32. The van der Waals surface area contributed by atoms with Gasteiger partial charge in [0, 0.05) is 17.1 Å². The molecule has 0 aliphatic carbocycles. The molecule has 2 heterocycles. The molecule has 0 saturated heterocycles. The zero-order valence-electron chi connectivity index (χ0n) is 16.4. The number of thiophene rings is 1. The van der Waals surface area contributed by atoms with Crippen molar-refractivity contribution in [1.29, 1.82) is 0 Å². The second kappa shape index (κ2) is 8.20. The first-order chi connectivity index (χ1) is 14.5. The number of hydrogen-bond donors (Lipinski definition) is 1. The largest absolute Gasteiger partial charge is 0.330 e. The van der Waals surface area contributed by atoms with Crippen LogP contribution in [-0.2, 0) is 6.54 Å². The lowest BCUT2D eigenvalue weighted by molar-refractivity contribution is 0.101. The van der Waals surface area contributed by atoms with E-state index in [0.29, 0.717) is 5.69 Å². The van der Waals surface area contributed by atoms with Gasteiger partial charge in [-0.25, -0.2) is 13.8 Å². The van der Waals surface area contributed by atoms with Crippen molar-refractivity contribution in [3.63, 3.8) is 0 Å². The standard InChI is InChI=1S/C23H19F2N3OS/c1-3-28-13-26-12-20(28)21-11-17(14(2)30-21)15-7-9-16(10-8-15)27-23(29)22-18(24)5-4-6-19(22)25/h4-13H,3H2,1-2H3,(H,27,29). The van der Waals surface area contributed by atoms with Crippen molar-refractivity contribution >= 4 is 22.9 Å². The number of anilines is 1. The van der Waals surface area contributed by atoms with Gasteiger partial charge >= 0.3 is 0 Å². The molecule has 152 valence electrons. The van der Waals surface area contributed by atoms with Crippen LogP contribution in [0.1, 0.15) is 22.2 Å². The summed E-state index contributed by atoms with van der Waals surface area (Å²) in [5, 5.41) is 2.55. The van der Waals surface area contributed by atoms with Crippen LogP contribution in [0.25, 0.3) is 21.7 Å². The van der Waals surface area contributed by atoms with Crippen LogP contribution in [-0.4, -0.2) is 15.5 Å². The van der Waals surface area contributed by atoms with Crippen LogP contribution in [0.2, 0.25) is 0 Å². The number of nitrogens with zero attached hydrogens (tertiary/aromatic N) is 2. The predicted molar refractivity (Wildman–Crippen MR) is 116 cm³/mol. The Balaban J connectivity index is 1.56. The number of hydrogen-bond acceptors (Lipinski definition) is 3. The van der Waals surface area contributed by atoms with Crippen LogP contribution in [0.15, 0.2) is 61.1 Å². The third-order valence-electron chi connectivity index (χ3n) is 4.87. The van der Waals surface area contributed by atoms with Gasteiger partial charge in [0.2, 0.25) is 0 Å². The van der Waals surface area contributed by atoms with Gasteiger partial charge in [0.15, 0.2) is 0 Å². The van der Waals surface area contributed by atoms with Crippen LogP contribution in [0, 0.1) is 18.6 Å². The summed E-state index contributed by atoms with van der Waals surface area (Å²) in [6.07, 6.45) is 3.68. The molecular weight excluding hydrogens is 404 g/mol. The molecule has 0 radical (unpaired) electrons. The number of benzene rings is 2. The van der Waals surface area contributed by atoms with Crippen LogP contribution < -0.4 is 5.32 Å². The monoisotopic (exact) mass is 423 g/mol. The number of imidazole rings is 1. The van der Waals surface area contributed by atoms with Gasteiger partial charge in [-0.05, 0) is 55.3 Å². The molecule has 0 saturated carbocycles. The molecule has 0 fully saturated rings. The molecule has 4 rings (SSSR count). The van der Waals surface area contributed by atoms with E-state index in [9.17, 15) is 13.6 Å². The molecule has 0 aliphatic heterocycles. The molecule has 0 atom stereocenters. The van der Waals surface area contributed by atoms with Crippen LogP contribution in [0.3, 0.4) is 0 Å². The van der Waals surface area contributed by atoms with Crippen molar-refractivity contribution in [2.45, 2.75) is 20.4 Å². The lowest BCUT2D eigenvalue weighted by Gasteiger charge is -2.08. The van der Waals surface area contributed by atoms with Crippen molar-refractivity contribution in [1.82, 2.24) is 9.55 Å². The molecule has 1 amide bonds. The smallest absolute Gasteiger partial charge is 0.261 e. The zero-order valence-corrected chi connectivity index (χ0v) is 17.3. The highest BCUT2D eigenvalue weighted by Gasteiger charge is 2.17. The summed E-state index contributed by atoms with van der Waals surface area (Å²) in [7, 11) is 0. The van der Waals surface area contributed by atoms with Crippen molar-refractivity contribution in [3.8, 4) is 21.7 Å². The van der Waals surface area contributed by atoms with Gasteiger partial charge in [0.25, 0.3) is 5.91 Å². The fraction of sp³-hybridized carbons (Fsp3) is 0.130. The zero-order chi connectivity index (χ0) is 21.3. The van der Waals surface area contributed by atoms with E-state index in [2.05, 4.69) is 34.8 Å². The fourth-order valence-electron chi connectivity index (χ4n) is 3.31. The van der Waals surface area contributed by atoms with E-state index >= 15 is 0 Å². The number of carbonyl (C=O) groups is 1. The summed E-state index contributed by atoms with van der Waals surface area (Å²) < 4.78 is 29.7. The van der Waals surface area contributed by atoms with E-state index < -0.39 is 23.1 Å². The minimum absolute atomic E-state index is 0.462. The number of aromatic nitrogens is 2.